The highest BCUT2D eigenvalue weighted by Gasteiger charge is 2.39. The number of ether oxygens (including phenoxy) is 1. The Hall–Kier alpha value is -2.21. The first-order valence-electron chi connectivity index (χ1n) is 8.45. The number of nitrogens with one attached hydrogen (secondary N) is 1. The average Bonchev–Trinajstić information content (AvgIpc) is 2.89. The number of carbonyl (C=O) groups is 3. The molecule has 2 heterocycles. The number of hydrogen-bond donors (Lipinski definition) is 1. The summed E-state index contributed by atoms with van der Waals surface area (Å²) in [7, 11) is 0. The first-order valence-corrected chi connectivity index (χ1v) is 8.45. The monoisotopic (exact) mass is 330 g/mol. The molecule has 1 fully saturated rings. The Labute approximate surface area is 141 Å². The molecule has 6 heteroatoms. The maximum Gasteiger partial charge on any atom is 0.255 e. The molecule has 6 nitrogen and oxygen atoms in total. The second-order valence-corrected chi connectivity index (χ2v) is 6.14. The van der Waals surface area contributed by atoms with Crippen molar-refractivity contribution >= 4 is 17.7 Å². The van der Waals surface area contributed by atoms with Crippen molar-refractivity contribution in [2.24, 2.45) is 0 Å². The molecule has 3 rings (SSSR count). The summed E-state index contributed by atoms with van der Waals surface area (Å²) in [5, 5.41) is 2.33. The number of fused-ring (bicyclic) bond motifs is 1. The Balaban J connectivity index is 1.75. The molecule has 0 saturated carbocycles. The number of piperidine rings is 1. The highest BCUT2D eigenvalue weighted by Crippen LogP contribution is 2.30. The molecule has 1 aromatic rings. The molecule has 2 aliphatic rings. The van der Waals surface area contributed by atoms with Gasteiger partial charge in [0.2, 0.25) is 11.8 Å². The number of imide groups is 1. The van der Waals surface area contributed by atoms with Crippen LogP contribution in [0, 0.1) is 0 Å². The van der Waals surface area contributed by atoms with Crippen LogP contribution in [0.15, 0.2) is 18.2 Å². The normalized spacial score (nSPS) is 20.3. The minimum Gasteiger partial charge on any atom is -0.382 e. The van der Waals surface area contributed by atoms with Gasteiger partial charge >= 0.3 is 0 Å². The third-order valence-corrected chi connectivity index (χ3v) is 4.62. The molecule has 0 bridgehead atoms. The van der Waals surface area contributed by atoms with Crippen LogP contribution in [0.5, 0.6) is 0 Å². The molecule has 0 radical (unpaired) electrons. The van der Waals surface area contributed by atoms with Gasteiger partial charge in [-0.1, -0.05) is 12.1 Å². The molecule has 1 unspecified atom stereocenters. The van der Waals surface area contributed by atoms with Crippen LogP contribution in [0.4, 0.5) is 0 Å². The lowest BCUT2D eigenvalue weighted by Gasteiger charge is -2.29. The number of carbonyl (C=O) groups excluding carboxylic acids is 3. The van der Waals surface area contributed by atoms with E-state index in [1.807, 2.05) is 25.1 Å². The van der Waals surface area contributed by atoms with Gasteiger partial charge in [-0.05, 0) is 43.4 Å². The van der Waals surface area contributed by atoms with Gasteiger partial charge in [0.1, 0.15) is 6.04 Å². The van der Waals surface area contributed by atoms with Crippen molar-refractivity contribution in [3.63, 3.8) is 0 Å². The van der Waals surface area contributed by atoms with E-state index < -0.39 is 6.04 Å². The fraction of sp³-hybridized carbons (Fsp3) is 0.500. The number of rotatable bonds is 6. The summed E-state index contributed by atoms with van der Waals surface area (Å²) in [4.78, 5) is 37.7. The Morgan fingerprint density at radius 3 is 2.88 bits per heavy atom. The van der Waals surface area contributed by atoms with E-state index in [4.69, 9.17) is 4.74 Å². The smallest absolute Gasteiger partial charge is 0.255 e. The van der Waals surface area contributed by atoms with Crippen molar-refractivity contribution in [3.8, 4) is 0 Å². The van der Waals surface area contributed by atoms with Gasteiger partial charge in [-0.3, -0.25) is 19.7 Å². The molecule has 1 saturated heterocycles. The molecule has 1 N–H and O–H groups in total. The van der Waals surface area contributed by atoms with Crippen molar-refractivity contribution < 1.29 is 19.1 Å². The average molecular weight is 330 g/mol. The zero-order valence-electron chi connectivity index (χ0n) is 13.8. The fourth-order valence-corrected chi connectivity index (χ4v) is 3.39. The molecule has 24 heavy (non-hydrogen) atoms. The minimum absolute atomic E-state index is 0.119. The molecule has 0 aliphatic carbocycles. The van der Waals surface area contributed by atoms with Crippen LogP contribution < -0.4 is 5.32 Å². The molecule has 1 aromatic carbocycles. The third-order valence-electron chi connectivity index (χ3n) is 4.62. The molecule has 0 spiro atoms. The van der Waals surface area contributed by atoms with Crippen LogP contribution in [-0.4, -0.2) is 41.9 Å². The lowest BCUT2D eigenvalue weighted by molar-refractivity contribution is -0.136. The maximum absolute atomic E-state index is 12.7. The van der Waals surface area contributed by atoms with Crippen LogP contribution in [-0.2, 0) is 27.3 Å². The standard InChI is InChI=1S/C18H22N2O4/c1-2-24-10-4-6-12-5-3-7-13-14(12)11-20(18(13)23)15-8-9-16(21)19-17(15)22/h3,5,7,15H,2,4,6,8-11H2,1H3,(H,19,21,22). The first kappa shape index (κ1) is 16.6. The molecule has 2 aliphatic heterocycles. The van der Waals surface area contributed by atoms with Crippen molar-refractivity contribution in [1.29, 1.82) is 0 Å². The van der Waals surface area contributed by atoms with E-state index >= 15 is 0 Å². The van der Waals surface area contributed by atoms with E-state index in [9.17, 15) is 14.4 Å². The molecule has 128 valence electrons. The van der Waals surface area contributed by atoms with E-state index in [2.05, 4.69) is 5.32 Å². The van der Waals surface area contributed by atoms with Gasteiger partial charge in [0.05, 0.1) is 0 Å². The molecule has 0 aromatic heterocycles. The highest BCUT2D eigenvalue weighted by molar-refractivity contribution is 6.05. The van der Waals surface area contributed by atoms with Gasteiger partial charge in [0.15, 0.2) is 0 Å². The fourth-order valence-electron chi connectivity index (χ4n) is 3.39. The molecule has 3 amide bonds. The summed E-state index contributed by atoms with van der Waals surface area (Å²) in [5.74, 6) is -0.756. The molecular weight excluding hydrogens is 308 g/mol. The van der Waals surface area contributed by atoms with E-state index in [1.54, 1.807) is 4.90 Å². The zero-order valence-corrected chi connectivity index (χ0v) is 13.8. The Bertz CT molecular complexity index is 671. The second-order valence-electron chi connectivity index (χ2n) is 6.14. The highest BCUT2D eigenvalue weighted by atomic mass is 16.5. The molecule has 1 atom stereocenters. The van der Waals surface area contributed by atoms with E-state index in [0.29, 0.717) is 31.7 Å². The SMILES string of the molecule is CCOCCCc1cccc2c1CN(C1CCC(=O)NC1=O)C2=O. The second kappa shape index (κ2) is 7.13. The van der Waals surface area contributed by atoms with Gasteiger partial charge < -0.3 is 9.64 Å². The number of nitrogens with zero attached hydrogens (tertiary/aromatic N) is 1. The van der Waals surface area contributed by atoms with Crippen LogP contribution in [0.3, 0.4) is 0 Å². The van der Waals surface area contributed by atoms with E-state index in [1.165, 1.54) is 0 Å². The lowest BCUT2D eigenvalue weighted by Crippen LogP contribution is -2.52. The van der Waals surface area contributed by atoms with Crippen molar-refractivity contribution in [2.75, 3.05) is 13.2 Å². The van der Waals surface area contributed by atoms with Gasteiger partial charge in [-0.15, -0.1) is 0 Å². The van der Waals surface area contributed by atoms with Crippen molar-refractivity contribution in [1.82, 2.24) is 10.2 Å². The number of aryl methyl sites for hydroxylation is 1. The van der Waals surface area contributed by atoms with Gasteiger partial charge in [0, 0.05) is 31.7 Å². The number of benzene rings is 1. The Morgan fingerprint density at radius 1 is 1.29 bits per heavy atom. The van der Waals surface area contributed by atoms with Gasteiger partial charge in [-0.25, -0.2) is 0 Å². The predicted molar refractivity (Wildman–Crippen MR) is 87.3 cm³/mol. The van der Waals surface area contributed by atoms with Crippen molar-refractivity contribution in [2.45, 2.75) is 45.2 Å². The van der Waals surface area contributed by atoms with Crippen LogP contribution >= 0.6 is 0 Å². The van der Waals surface area contributed by atoms with Crippen molar-refractivity contribution in [3.05, 3.63) is 34.9 Å². The Morgan fingerprint density at radius 2 is 2.12 bits per heavy atom. The third kappa shape index (κ3) is 3.19. The summed E-state index contributed by atoms with van der Waals surface area (Å²) >= 11 is 0. The topological polar surface area (TPSA) is 75.7 Å². The van der Waals surface area contributed by atoms with Crippen LogP contribution in [0.1, 0.15) is 47.7 Å². The predicted octanol–water partition coefficient (Wildman–Crippen LogP) is 1.42. The largest absolute Gasteiger partial charge is 0.382 e. The molecular formula is C18H22N2O4. The summed E-state index contributed by atoms with van der Waals surface area (Å²) in [6.45, 7) is 3.81. The summed E-state index contributed by atoms with van der Waals surface area (Å²) < 4.78 is 5.37. The van der Waals surface area contributed by atoms with Crippen LogP contribution in [0.2, 0.25) is 0 Å². The zero-order chi connectivity index (χ0) is 17.1. The Kier molecular flexibility index (Phi) is 4.94. The first-order chi connectivity index (χ1) is 11.6. The van der Waals surface area contributed by atoms with Crippen LogP contribution in [0.25, 0.3) is 0 Å². The van der Waals surface area contributed by atoms with E-state index in [-0.39, 0.29) is 24.1 Å². The maximum atomic E-state index is 12.7. The number of hydrogen-bond acceptors (Lipinski definition) is 4. The van der Waals surface area contributed by atoms with Gasteiger partial charge in [0.25, 0.3) is 5.91 Å². The summed E-state index contributed by atoms with van der Waals surface area (Å²) in [6.07, 6.45) is 2.42. The van der Waals surface area contributed by atoms with E-state index in [0.717, 1.165) is 24.0 Å². The number of amides is 3. The summed E-state index contributed by atoms with van der Waals surface area (Å²) in [5.41, 5.74) is 2.81. The quantitative estimate of drug-likeness (QED) is 0.632. The summed E-state index contributed by atoms with van der Waals surface area (Å²) in [6, 6.07) is 5.18. The van der Waals surface area contributed by atoms with Gasteiger partial charge in [-0.2, -0.15) is 0 Å². The lowest BCUT2D eigenvalue weighted by atomic mass is 10.00. The minimum atomic E-state index is -0.557.